The lowest BCUT2D eigenvalue weighted by atomic mass is 9.93. The fourth-order valence-corrected chi connectivity index (χ4v) is 5.32. The van der Waals surface area contributed by atoms with Crippen LogP contribution in [0, 0.1) is 5.41 Å². The van der Waals surface area contributed by atoms with Crippen LogP contribution in [-0.4, -0.2) is 48.7 Å². The molecule has 2 aliphatic heterocycles. The molecule has 168 valence electrons. The number of rotatable bonds is 5. The Morgan fingerprint density at radius 1 is 1.22 bits per heavy atom. The van der Waals surface area contributed by atoms with E-state index in [1.165, 1.54) is 5.56 Å². The normalized spacial score (nSPS) is 19.3. The quantitative estimate of drug-likeness (QED) is 0.407. The number of anilines is 1. The minimum absolute atomic E-state index is 0.286. The van der Waals surface area contributed by atoms with Crippen molar-refractivity contribution in [3.05, 3.63) is 53.1 Å². The van der Waals surface area contributed by atoms with E-state index < -0.39 is 0 Å². The molecule has 2 aromatic carbocycles. The van der Waals surface area contributed by atoms with Crippen molar-refractivity contribution in [1.82, 2.24) is 5.43 Å². The highest BCUT2D eigenvalue weighted by Gasteiger charge is 2.35. The summed E-state index contributed by atoms with van der Waals surface area (Å²) >= 11 is 1.56. The summed E-state index contributed by atoms with van der Waals surface area (Å²) in [6, 6.07) is 11.9. The van der Waals surface area contributed by atoms with Crippen LogP contribution in [0.5, 0.6) is 11.5 Å². The van der Waals surface area contributed by atoms with E-state index >= 15 is 0 Å². The largest absolute Gasteiger partial charge is 0.493 e. The molecule has 2 heterocycles. The Morgan fingerprint density at radius 3 is 2.69 bits per heavy atom. The number of aldehydes is 1. The van der Waals surface area contributed by atoms with Crippen LogP contribution in [-0.2, 0) is 11.2 Å². The molecule has 0 aliphatic carbocycles. The van der Waals surface area contributed by atoms with E-state index in [0.29, 0.717) is 17.3 Å². The fourth-order valence-electron chi connectivity index (χ4n) is 4.25. The van der Waals surface area contributed by atoms with E-state index in [2.05, 4.69) is 42.6 Å². The maximum absolute atomic E-state index is 11.2. The molecule has 0 radical (unpaired) electrons. The molecule has 0 aromatic heterocycles. The lowest BCUT2D eigenvalue weighted by Crippen LogP contribution is -2.42. The second-order valence-electron chi connectivity index (χ2n) is 8.29. The van der Waals surface area contributed by atoms with Crippen molar-refractivity contribution in [3.8, 4) is 11.5 Å². The van der Waals surface area contributed by atoms with Gasteiger partial charge in [0.2, 0.25) is 0 Å². The molecule has 0 fully saturated rings. The summed E-state index contributed by atoms with van der Waals surface area (Å²) in [5, 5.41) is 13.1. The molecule has 2 aromatic rings. The molecular weight excluding hydrogens is 424 g/mol. The van der Waals surface area contributed by atoms with Crippen LogP contribution in [0.3, 0.4) is 0 Å². The summed E-state index contributed by atoms with van der Waals surface area (Å²) in [5.41, 5.74) is 7.92. The summed E-state index contributed by atoms with van der Waals surface area (Å²) in [6.45, 7) is 4.96. The molecule has 1 unspecified atom stereocenters. The summed E-state index contributed by atoms with van der Waals surface area (Å²) in [5.74, 6) is 1.69. The number of hydrazone groups is 1. The van der Waals surface area contributed by atoms with Crippen LogP contribution in [0.4, 0.5) is 5.69 Å². The standard InChI is InChI=1S/C24H28N4O3S/c1-24(2)22(27-26-21(14-29)32-24)16-7-9-18-15(12-16)6-5-11-28(18)23(25)17-8-10-19(30-3)20(13-17)31-4/h7-10,12-14,21,25-26H,5-6,11H2,1-4H3. The summed E-state index contributed by atoms with van der Waals surface area (Å²) in [4.78, 5) is 13.2. The van der Waals surface area contributed by atoms with Crippen LogP contribution in [0.2, 0.25) is 0 Å². The second kappa shape index (κ2) is 8.86. The van der Waals surface area contributed by atoms with Crippen LogP contribution < -0.4 is 19.8 Å². The van der Waals surface area contributed by atoms with Crippen molar-refractivity contribution in [1.29, 1.82) is 5.41 Å². The zero-order valence-corrected chi connectivity index (χ0v) is 19.6. The molecule has 0 saturated heterocycles. The summed E-state index contributed by atoms with van der Waals surface area (Å²) in [6.07, 6.45) is 2.80. The predicted molar refractivity (Wildman–Crippen MR) is 130 cm³/mol. The third-order valence-electron chi connectivity index (χ3n) is 5.82. The number of benzene rings is 2. The Labute approximate surface area is 192 Å². The zero-order valence-electron chi connectivity index (χ0n) is 18.8. The molecule has 0 amide bonds. The van der Waals surface area contributed by atoms with Crippen LogP contribution in [0.15, 0.2) is 41.5 Å². The Hall–Kier alpha value is -3.00. The molecular formula is C24H28N4O3S. The number of hydrogen-bond acceptors (Lipinski definition) is 7. The number of aryl methyl sites for hydroxylation is 1. The van der Waals surface area contributed by atoms with Crippen molar-refractivity contribution in [3.63, 3.8) is 0 Å². The van der Waals surface area contributed by atoms with Gasteiger partial charge in [-0.2, -0.15) is 5.10 Å². The Bertz CT molecular complexity index is 1080. The smallest absolute Gasteiger partial charge is 0.161 e. The molecule has 1 atom stereocenters. The van der Waals surface area contributed by atoms with Crippen molar-refractivity contribution in [2.24, 2.45) is 5.10 Å². The molecule has 0 saturated carbocycles. The molecule has 7 nitrogen and oxygen atoms in total. The molecule has 32 heavy (non-hydrogen) atoms. The average Bonchev–Trinajstić information content (AvgIpc) is 2.81. The highest BCUT2D eigenvalue weighted by Crippen LogP contribution is 2.37. The summed E-state index contributed by atoms with van der Waals surface area (Å²) < 4.78 is 10.5. The predicted octanol–water partition coefficient (Wildman–Crippen LogP) is 3.83. The van der Waals surface area contributed by atoms with Gasteiger partial charge >= 0.3 is 0 Å². The first kappa shape index (κ1) is 22.2. The number of carbonyl (C=O) groups is 1. The number of nitrogens with one attached hydrogen (secondary N) is 2. The number of hydrogen-bond donors (Lipinski definition) is 2. The topological polar surface area (TPSA) is 87.0 Å². The van der Waals surface area contributed by atoms with Gasteiger partial charge in [-0.05, 0) is 68.1 Å². The van der Waals surface area contributed by atoms with Gasteiger partial charge in [-0.25, -0.2) is 0 Å². The van der Waals surface area contributed by atoms with Crippen molar-refractivity contribution >= 4 is 35.3 Å². The number of carbonyl (C=O) groups excluding carboxylic acids is 1. The van der Waals surface area contributed by atoms with Crippen molar-refractivity contribution < 1.29 is 14.3 Å². The Balaban J connectivity index is 1.65. The van der Waals surface area contributed by atoms with Crippen LogP contribution in [0.1, 0.15) is 37.0 Å². The average molecular weight is 453 g/mol. The molecule has 8 heteroatoms. The van der Waals surface area contributed by atoms with Gasteiger partial charge in [-0.1, -0.05) is 6.07 Å². The van der Waals surface area contributed by atoms with E-state index in [1.807, 2.05) is 23.1 Å². The summed E-state index contributed by atoms with van der Waals surface area (Å²) in [7, 11) is 3.20. The Morgan fingerprint density at radius 2 is 2.00 bits per heavy atom. The minimum Gasteiger partial charge on any atom is -0.493 e. The van der Waals surface area contributed by atoms with E-state index in [1.54, 1.807) is 26.0 Å². The molecule has 0 spiro atoms. The monoisotopic (exact) mass is 452 g/mol. The van der Waals surface area contributed by atoms with Crippen molar-refractivity contribution in [2.75, 3.05) is 25.7 Å². The van der Waals surface area contributed by atoms with E-state index in [0.717, 1.165) is 48.2 Å². The number of ether oxygens (including phenoxy) is 2. The number of methoxy groups -OCH3 is 2. The minimum atomic E-state index is -0.330. The van der Waals surface area contributed by atoms with Gasteiger partial charge in [0.1, 0.15) is 11.2 Å². The van der Waals surface area contributed by atoms with Gasteiger partial charge < -0.3 is 19.2 Å². The SMILES string of the molecule is COc1ccc(C(=N)N2CCCc3cc(C4=NNC(C=O)SC4(C)C)ccc32)cc1OC. The van der Waals surface area contributed by atoms with Gasteiger partial charge in [0.25, 0.3) is 0 Å². The zero-order chi connectivity index (χ0) is 22.9. The van der Waals surface area contributed by atoms with E-state index in [4.69, 9.17) is 14.9 Å². The number of nitrogens with zero attached hydrogens (tertiary/aromatic N) is 2. The molecule has 0 bridgehead atoms. The van der Waals surface area contributed by atoms with Gasteiger partial charge in [0, 0.05) is 17.8 Å². The maximum atomic E-state index is 11.2. The van der Waals surface area contributed by atoms with Gasteiger partial charge in [0.05, 0.1) is 24.7 Å². The van der Waals surface area contributed by atoms with Crippen LogP contribution in [0.25, 0.3) is 0 Å². The lowest BCUT2D eigenvalue weighted by molar-refractivity contribution is -0.107. The molecule has 2 aliphatic rings. The fraction of sp³-hybridized carbons (Fsp3) is 0.375. The van der Waals surface area contributed by atoms with Gasteiger partial charge in [-0.15, -0.1) is 11.8 Å². The van der Waals surface area contributed by atoms with Crippen LogP contribution >= 0.6 is 11.8 Å². The molecule has 4 rings (SSSR count). The maximum Gasteiger partial charge on any atom is 0.161 e. The Kier molecular flexibility index (Phi) is 6.15. The van der Waals surface area contributed by atoms with Gasteiger partial charge in [-0.3, -0.25) is 10.8 Å². The molecule has 2 N–H and O–H groups in total. The highest BCUT2D eigenvalue weighted by molar-refractivity contribution is 8.02. The first-order valence-electron chi connectivity index (χ1n) is 10.6. The first-order chi connectivity index (χ1) is 15.4. The number of fused-ring (bicyclic) bond motifs is 1. The highest BCUT2D eigenvalue weighted by atomic mass is 32.2. The third-order valence-corrected chi connectivity index (χ3v) is 7.07. The first-order valence-corrected chi connectivity index (χ1v) is 11.4. The van der Waals surface area contributed by atoms with Gasteiger partial charge in [0.15, 0.2) is 17.8 Å². The third kappa shape index (κ3) is 4.07. The van der Waals surface area contributed by atoms with E-state index in [9.17, 15) is 4.79 Å². The van der Waals surface area contributed by atoms with Crippen molar-refractivity contribution in [2.45, 2.75) is 36.8 Å². The van der Waals surface area contributed by atoms with E-state index in [-0.39, 0.29) is 10.1 Å². The lowest BCUT2D eigenvalue weighted by Gasteiger charge is -2.35. The second-order valence-corrected chi connectivity index (χ2v) is 10.1. The number of thioether (sulfide) groups is 1. The number of amidine groups is 1.